The van der Waals surface area contributed by atoms with Crippen molar-refractivity contribution < 1.29 is 14.3 Å². The van der Waals surface area contributed by atoms with Crippen molar-refractivity contribution >= 4 is 11.8 Å². The highest BCUT2D eigenvalue weighted by Gasteiger charge is 2.61. The third kappa shape index (κ3) is 2.99. The Kier molecular flexibility index (Phi) is 4.64. The van der Waals surface area contributed by atoms with Crippen LogP contribution in [0.4, 0.5) is 0 Å². The van der Waals surface area contributed by atoms with Crippen molar-refractivity contribution in [2.24, 2.45) is 34.5 Å². The summed E-state index contributed by atoms with van der Waals surface area (Å²) < 4.78 is 6.11. The fourth-order valence-electron chi connectivity index (χ4n) is 7.96. The number of esters is 1. The van der Waals surface area contributed by atoms with Crippen LogP contribution in [0.3, 0.4) is 0 Å². The van der Waals surface area contributed by atoms with Gasteiger partial charge in [-0.05, 0) is 86.2 Å². The number of rotatable bonds is 2. The fourth-order valence-corrected chi connectivity index (χ4v) is 7.96. The molecule has 0 N–H and O–H groups in total. The second-order valence-corrected chi connectivity index (χ2v) is 10.8. The van der Waals surface area contributed by atoms with Gasteiger partial charge < -0.3 is 4.74 Å². The summed E-state index contributed by atoms with van der Waals surface area (Å²) in [7, 11) is 0. The average Bonchev–Trinajstić information content (AvgIpc) is 3.05. The maximum atomic E-state index is 12.7. The highest BCUT2D eigenvalue weighted by atomic mass is 16.5. The molecule has 156 valence electrons. The van der Waals surface area contributed by atoms with Gasteiger partial charge in [0.05, 0.1) is 5.56 Å². The topological polar surface area (TPSA) is 43.4 Å². The molecule has 0 aromatic heterocycles. The molecular formula is C26H34O3. The molecule has 5 unspecified atom stereocenters. The third-order valence-corrected chi connectivity index (χ3v) is 9.65. The van der Waals surface area contributed by atoms with Crippen LogP contribution in [0.25, 0.3) is 0 Å². The first-order valence-corrected chi connectivity index (χ1v) is 11.7. The lowest BCUT2D eigenvalue weighted by Gasteiger charge is -2.60. The molecule has 0 bridgehead atoms. The van der Waals surface area contributed by atoms with E-state index in [0.29, 0.717) is 28.6 Å². The molecule has 0 aliphatic heterocycles. The predicted molar refractivity (Wildman–Crippen MR) is 112 cm³/mol. The number of hydrogen-bond donors (Lipinski definition) is 0. The van der Waals surface area contributed by atoms with Gasteiger partial charge in [0.15, 0.2) is 0 Å². The molecule has 4 aliphatic rings. The van der Waals surface area contributed by atoms with E-state index in [2.05, 4.69) is 13.8 Å². The summed E-state index contributed by atoms with van der Waals surface area (Å²) in [5.74, 6) is 3.06. The van der Waals surface area contributed by atoms with Gasteiger partial charge in [-0.25, -0.2) is 4.79 Å². The number of fused-ring (bicyclic) bond motifs is 5. The molecule has 0 amide bonds. The molecule has 3 heteroatoms. The van der Waals surface area contributed by atoms with E-state index in [1.807, 2.05) is 30.3 Å². The lowest BCUT2D eigenvalue weighted by Crippen LogP contribution is -2.54. The van der Waals surface area contributed by atoms with Crippen LogP contribution in [0.5, 0.6) is 0 Å². The number of carbonyl (C=O) groups is 2. The largest absolute Gasteiger partial charge is 0.458 e. The van der Waals surface area contributed by atoms with Crippen LogP contribution < -0.4 is 0 Å². The number of ketones is 1. The van der Waals surface area contributed by atoms with Crippen molar-refractivity contribution in [1.82, 2.24) is 0 Å². The van der Waals surface area contributed by atoms with Crippen LogP contribution in [-0.2, 0) is 9.53 Å². The molecular weight excluding hydrogens is 360 g/mol. The molecule has 29 heavy (non-hydrogen) atoms. The number of ether oxygens (including phenoxy) is 1. The molecule has 0 saturated heterocycles. The molecule has 5 rings (SSSR count). The summed E-state index contributed by atoms with van der Waals surface area (Å²) in [4.78, 5) is 24.8. The van der Waals surface area contributed by atoms with Crippen molar-refractivity contribution in [2.75, 3.05) is 0 Å². The Labute approximate surface area is 174 Å². The number of hydrogen-bond acceptors (Lipinski definition) is 3. The summed E-state index contributed by atoms with van der Waals surface area (Å²) in [6.07, 6.45) is 9.79. The van der Waals surface area contributed by atoms with Gasteiger partial charge in [-0.1, -0.05) is 32.0 Å². The molecule has 4 aliphatic carbocycles. The summed E-state index contributed by atoms with van der Waals surface area (Å²) >= 11 is 0. The van der Waals surface area contributed by atoms with Crippen molar-refractivity contribution in [2.45, 2.75) is 77.7 Å². The van der Waals surface area contributed by atoms with E-state index in [9.17, 15) is 9.59 Å². The summed E-state index contributed by atoms with van der Waals surface area (Å²) in [5, 5.41) is 0. The Morgan fingerprint density at radius 3 is 2.48 bits per heavy atom. The van der Waals surface area contributed by atoms with Gasteiger partial charge in [0, 0.05) is 18.3 Å². The molecule has 3 nitrogen and oxygen atoms in total. The molecule has 1 aromatic rings. The Balaban J connectivity index is 1.34. The Morgan fingerprint density at radius 2 is 1.69 bits per heavy atom. The number of benzene rings is 1. The zero-order chi connectivity index (χ0) is 20.2. The van der Waals surface area contributed by atoms with Crippen LogP contribution in [0.15, 0.2) is 30.3 Å². The van der Waals surface area contributed by atoms with Crippen molar-refractivity contribution in [3.05, 3.63) is 35.9 Å². The monoisotopic (exact) mass is 394 g/mol. The minimum Gasteiger partial charge on any atom is -0.458 e. The Morgan fingerprint density at radius 1 is 0.931 bits per heavy atom. The molecule has 4 fully saturated rings. The van der Waals surface area contributed by atoms with Crippen molar-refractivity contribution in [3.8, 4) is 0 Å². The minimum atomic E-state index is -0.166. The summed E-state index contributed by atoms with van der Waals surface area (Å²) in [6.45, 7) is 4.88. The lowest BCUT2D eigenvalue weighted by atomic mass is 9.45. The van der Waals surface area contributed by atoms with Crippen LogP contribution in [0.1, 0.15) is 82.0 Å². The van der Waals surface area contributed by atoms with E-state index >= 15 is 0 Å². The maximum absolute atomic E-state index is 12.7. The second kappa shape index (κ2) is 6.96. The summed E-state index contributed by atoms with van der Waals surface area (Å²) in [5.41, 5.74) is 1.11. The third-order valence-electron chi connectivity index (χ3n) is 9.65. The first-order chi connectivity index (χ1) is 13.9. The highest BCUT2D eigenvalue weighted by Crippen LogP contribution is 2.66. The van der Waals surface area contributed by atoms with E-state index in [0.717, 1.165) is 43.9 Å². The minimum absolute atomic E-state index is 0.0413. The zero-order valence-corrected chi connectivity index (χ0v) is 17.9. The summed E-state index contributed by atoms with van der Waals surface area (Å²) in [6, 6.07) is 9.42. The maximum Gasteiger partial charge on any atom is 0.338 e. The van der Waals surface area contributed by atoms with Gasteiger partial charge in [0.25, 0.3) is 0 Å². The number of Topliss-reactive ketones (excluding diaryl/α,β-unsaturated/α-hetero) is 1. The number of carbonyl (C=O) groups excluding carboxylic acids is 2. The molecule has 0 spiro atoms. The van der Waals surface area contributed by atoms with E-state index < -0.39 is 0 Å². The SMILES string of the molecule is C[C@@]12CCC3C(CCC4CC(=O)CC[C@]43C)C1CCC2OC(=O)c1ccccc1. The predicted octanol–water partition coefficient (Wildman–Crippen LogP) is 5.82. The van der Waals surface area contributed by atoms with Crippen molar-refractivity contribution in [1.29, 1.82) is 0 Å². The van der Waals surface area contributed by atoms with Crippen molar-refractivity contribution in [3.63, 3.8) is 0 Å². The van der Waals surface area contributed by atoms with Gasteiger partial charge in [-0.3, -0.25) is 4.79 Å². The smallest absolute Gasteiger partial charge is 0.338 e. The van der Waals surface area contributed by atoms with E-state index in [1.54, 1.807) is 0 Å². The van der Waals surface area contributed by atoms with E-state index in [-0.39, 0.29) is 17.5 Å². The molecule has 0 heterocycles. The molecule has 7 atom stereocenters. The Bertz CT molecular complexity index is 801. The average molecular weight is 395 g/mol. The van der Waals surface area contributed by atoms with Gasteiger partial charge >= 0.3 is 5.97 Å². The van der Waals surface area contributed by atoms with Crippen LogP contribution in [-0.4, -0.2) is 17.9 Å². The van der Waals surface area contributed by atoms with Gasteiger partial charge in [0.1, 0.15) is 11.9 Å². The lowest BCUT2D eigenvalue weighted by molar-refractivity contribution is -0.142. The first kappa shape index (κ1) is 19.3. The van der Waals surface area contributed by atoms with Gasteiger partial charge in [-0.15, -0.1) is 0 Å². The molecule has 0 radical (unpaired) electrons. The van der Waals surface area contributed by atoms with Gasteiger partial charge in [-0.2, -0.15) is 0 Å². The zero-order valence-electron chi connectivity index (χ0n) is 17.9. The normalized spacial score (nSPS) is 43.8. The highest BCUT2D eigenvalue weighted by molar-refractivity contribution is 5.89. The molecule has 4 saturated carbocycles. The fraction of sp³-hybridized carbons (Fsp3) is 0.692. The molecule has 1 aromatic carbocycles. The van der Waals surface area contributed by atoms with E-state index in [1.165, 1.54) is 25.7 Å². The van der Waals surface area contributed by atoms with Crippen LogP contribution in [0, 0.1) is 34.5 Å². The van der Waals surface area contributed by atoms with Crippen LogP contribution in [0.2, 0.25) is 0 Å². The first-order valence-electron chi connectivity index (χ1n) is 11.7. The Hall–Kier alpha value is -1.64. The quantitative estimate of drug-likeness (QED) is 0.593. The van der Waals surface area contributed by atoms with Crippen LogP contribution >= 0.6 is 0 Å². The second-order valence-electron chi connectivity index (χ2n) is 10.8. The standard InChI is InChI=1S/C26H34O3/c1-25-14-12-19(27)16-18(25)8-9-20-21-10-11-23(26(21,2)15-13-22(20)25)29-24(28)17-6-4-3-5-7-17/h3-7,18,20-23H,8-16H2,1-2H3/t18?,20?,21?,22?,23?,25-,26-/m1/s1. The van der Waals surface area contributed by atoms with Gasteiger partial charge in [0.2, 0.25) is 0 Å². The van der Waals surface area contributed by atoms with E-state index in [4.69, 9.17) is 4.74 Å².